The molecule has 66 valence electrons. The van der Waals surface area contributed by atoms with Crippen molar-refractivity contribution in [1.82, 2.24) is 4.98 Å². The summed E-state index contributed by atoms with van der Waals surface area (Å²) in [5.74, 6) is 0. The quantitative estimate of drug-likeness (QED) is 0.735. The summed E-state index contributed by atoms with van der Waals surface area (Å²) in [6, 6.07) is 5.43. The van der Waals surface area contributed by atoms with Gasteiger partial charge in [-0.1, -0.05) is 11.6 Å². The van der Waals surface area contributed by atoms with E-state index in [4.69, 9.17) is 17.3 Å². The predicted molar refractivity (Wildman–Crippen MR) is 57.0 cm³/mol. The Morgan fingerprint density at radius 3 is 2.85 bits per heavy atom. The van der Waals surface area contributed by atoms with Crippen molar-refractivity contribution in [1.29, 1.82) is 0 Å². The highest BCUT2D eigenvalue weighted by Gasteiger charge is 2.03. The first-order valence-corrected chi connectivity index (χ1v) is 5.03. The third-order valence-electron chi connectivity index (χ3n) is 1.72. The number of benzene rings is 1. The lowest BCUT2D eigenvalue weighted by atomic mass is 10.1. The zero-order valence-corrected chi connectivity index (χ0v) is 8.27. The van der Waals surface area contributed by atoms with Gasteiger partial charge in [-0.3, -0.25) is 0 Å². The lowest BCUT2D eigenvalue weighted by Crippen LogP contribution is -1.89. The smallest absolute Gasteiger partial charge is 0.0831 e. The molecule has 2 nitrogen and oxygen atoms in total. The Bertz CT molecular complexity index is 412. The number of halogens is 1. The van der Waals surface area contributed by atoms with Crippen LogP contribution in [0.15, 0.2) is 29.1 Å². The van der Waals surface area contributed by atoms with Crippen LogP contribution in [0.5, 0.6) is 0 Å². The number of nitrogens with two attached hydrogens (primary N) is 1. The van der Waals surface area contributed by atoms with Gasteiger partial charge in [0, 0.05) is 21.7 Å². The Morgan fingerprint density at radius 2 is 2.23 bits per heavy atom. The van der Waals surface area contributed by atoms with Crippen molar-refractivity contribution in [2.45, 2.75) is 0 Å². The summed E-state index contributed by atoms with van der Waals surface area (Å²) in [4.78, 5) is 4.17. The highest BCUT2D eigenvalue weighted by molar-refractivity contribution is 7.07. The van der Waals surface area contributed by atoms with Crippen molar-refractivity contribution in [2.75, 3.05) is 5.73 Å². The van der Waals surface area contributed by atoms with E-state index in [2.05, 4.69) is 4.98 Å². The van der Waals surface area contributed by atoms with Crippen LogP contribution in [0, 0.1) is 0 Å². The minimum atomic E-state index is 0.650. The predicted octanol–water partition coefficient (Wildman–Crippen LogP) is 3.05. The fraction of sp³-hybridized carbons (Fsp3) is 0. The van der Waals surface area contributed by atoms with Crippen LogP contribution in [0.4, 0.5) is 5.69 Å². The third kappa shape index (κ3) is 1.66. The van der Waals surface area contributed by atoms with Gasteiger partial charge in [0.2, 0.25) is 0 Å². The van der Waals surface area contributed by atoms with E-state index in [0.717, 1.165) is 11.3 Å². The number of rotatable bonds is 1. The van der Waals surface area contributed by atoms with Crippen LogP contribution in [0.25, 0.3) is 11.3 Å². The number of hydrogen-bond donors (Lipinski definition) is 1. The van der Waals surface area contributed by atoms with Crippen molar-refractivity contribution in [3.05, 3.63) is 34.1 Å². The standard InChI is InChI=1S/C9H7ClN2S/c10-6-1-2-7(8(11)3-6)9-4-13-5-12-9/h1-5H,11H2. The molecule has 0 aliphatic rings. The molecule has 4 heteroatoms. The van der Waals surface area contributed by atoms with Crippen molar-refractivity contribution in [3.8, 4) is 11.3 Å². The topological polar surface area (TPSA) is 38.9 Å². The zero-order valence-electron chi connectivity index (χ0n) is 6.70. The fourth-order valence-electron chi connectivity index (χ4n) is 1.11. The SMILES string of the molecule is Nc1cc(Cl)ccc1-c1cscn1. The monoisotopic (exact) mass is 210 g/mol. The molecule has 0 saturated carbocycles. The van der Waals surface area contributed by atoms with E-state index in [1.165, 1.54) is 0 Å². The van der Waals surface area contributed by atoms with E-state index in [1.54, 1.807) is 22.9 Å². The van der Waals surface area contributed by atoms with Crippen LogP contribution in [0.1, 0.15) is 0 Å². The summed E-state index contributed by atoms with van der Waals surface area (Å²) in [7, 11) is 0. The lowest BCUT2D eigenvalue weighted by Gasteiger charge is -2.01. The molecule has 2 aromatic rings. The molecular formula is C9H7ClN2S. The molecule has 1 aromatic carbocycles. The summed E-state index contributed by atoms with van der Waals surface area (Å²) in [6.45, 7) is 0. The average molecular weight is 211 g/mol. The Hall–Kier alpha value is -1.06. The molecule has 1 aromatic heterocycles. The summed E-state index contributed by atoms with van der Waals surface area (Å²) >= 11 is 7.33. The van der Waals surface area contributed by atoms with Crippen LogP contribution >= 0.6 is 22.9 Å². The number of anilines is 1. The highest BCUT2D eigenvalue weighted by atomic mass is 35.5. The number of nitrogen functional groups attached to an aromatic ring is 1. The number of thiazole rings is 1. The summed E-state index contributed by atoms with van der Waals surface area (Å²) in [5, 5.41) is 2.61. The molecule has 0 amide bonds. The molecular weight excluding hydrogens is 204 g/mol. The molecule has 2 rings (SSSR count). The maximum Gasteiger partial charge on any atom is 0.0831 e. The van der Waals surface area contributed by atoms with Gasteiger partial charge >= 0.3 is 0 Å². The molecule has 0 saturated heterocycles. The van der Waals surface area contributed by atoms with Gasteiger partial charge in [-0.25, -0.2) is 4.98 Å². The van der Waals surface area contributed by atoms with E-state index in [9.17, 15) is 0 Å². The first-order valence-electron chi connectivity index (χ1n) is 3.71. The normalized spacial score (nSPS) is 10.2. The molecule has 0 radical (unpaired) electrons. The van der Waals surface area contributed by atoms with Crippen LogP contribution in [-0.4, -0.2) is 4.98 Å². The molecule has 0 atom stereocenters. The molecule has 0 spiro atoms. The zero-order chi connectivity index (χ0) is 9.26. The summed E-state index contributed by atoms with van der Waals surface area (Å²) in [6.07, 6.45) is 0. The Balaban J connectivity index is 2.53. The summed E-state index contributed by atoms with van der Waals surface area (Å²) < 4.78 is 0. The van der Waals surface area contributed by atoms with Crippen molar-refractivity contribution < 1.29 is 0 Å². The van der Waals surface area contributed by atoms with Crippen molar-refractivity contribution in [2.24, 2.45) is 0 Å². The van der Waals surface area contributed by atoms with E-state index in [-0.39, 0.29) is 0 Å². The highest BCUT2D eigenvalue weighted by Crippen LogP contribution is 2.27. The number of nitrogens with zero attached hydrogens (tertiary/aromatic N) is 1. The maximum atomic E-state index is 5.79. The van der Waals surface area contributed by atoms with Crippen molar-refractivity contribution in [3.63, 3.8) is 0 Å². The van der Waals surface area contributed by atoms with Crippen LogP contribution < -0.4 is 5.73 Å². The number of aromatic nitrogens is 1. The van der Waals surface area contributed by atoms with Gasteiger partial charge in [0.15, 0.2) is 0 Å². The maximum absolute atomic E-state index is 5.79. The van der Waals surface area contributed by atoms with E-state index in [0.29, 0.717) is 10.7 Å². The third-order valence-corrected chi connectivity index (χ3v) is 2.54. The molecule has 0 unspecified atom stereocenters. The minimum absolute atomic E-state index is 0.650. The van der Waals surface area contributed by atoms with Gasteiger partial charge in [-0.05, 0) is 18.2 Å². The van der Waals surface area contributed by atoms with Gasteiger partial charge in [0.05, 0.1) is 11.2 Å². The van der Waals surface area contributed by atoms with E-state index in [1.807, 2.05) is 17.5 Å². The Kier molecular flexibility index (Phi) is 2.20. The molecule has 0 fully saturated rings. The second kappa shape index (κ2) is 3.36. The van der Waals surface area contributed by atoms with E-state index >= 15 is 0 Å². The van der Waals surface area contributed by atoms with Gasteiger partial charge in [0.25, 0.3) is 0 Å². The van der Waals surface area contributed by atoms with E-state index < -0.39 is 0 Å². The lowest BCUT2D eigenvalue weighted by molar-refractivity contribution is 1.41. The van der Waals surface area contributed by atoms with Gasteiger partial charge in [-0.15, -0.1) is 11.3 Å². The molecule has 13 heavy (non-hydrogen) atoms. The Labute approximate surface area is 85.0 Å². The molecule has 0 bridgehead atoms. The first-order chi connectivity index (χ1) is 6.27. The molecule has 0 aliphatic carbocycles. The molecule has 0 aliphatic heterocycles. The summed E-state index contributed by atoms with van der Waals surface area (Å²) in [5.41, 5.74) is 10.1. The first kappa shape index (κ1) is 8.53. The second-order valence-corrected chi connectivity index (χ2v) is 3.76. The fourth-order valence-corrected chi connectivity index (χ4v) is 1.84. The average Bonchev–Trinajstić information content (AvgIpc) is 2.56. The van der Waals surface area contributed by atoms with Crippen LogP contribution in [-0.2, 0) is 0 Å². The van der Waals surface area contributed by atoms with Crippen molar-refractivity contribution >= 4 is 28.6 Å². The molecule has 1 heterocycles. The molecule has 2 N–H and O–H groups in total. The largest absolute Gasteiger partial charge is 0.398 e. The second-order valence-electron chi connectivity index (χ2n) is 2.61. The van der Waals surface area contributed by atoms with Gasteiger partial charge in [0.1, 0.15) is 0 Å². The van der Waals surface area contributed by atoms with Gasteiger partial charge < -0.3 is 5.73 Å². The van der Waals surface area contributed by atoms with Crippen LogP contribution in [0.3, 0.4) is 0 Å². The minimum Gasteiger partial charge on any atom is -0.398 e. The van der Waals surface area contributed by atoms with Crippen LogP contribution in [0.2, 0.25) is 5.02 Å². The Morgan fingerprint density at radius 1 is 1.38 bits per heavy atom. The van der Waals surface area contributed by atoms with Gasteiger partial charge in [-0.2, -0.15) is 0 Å². The number of hydrogen-bond acceptors (Lipinski definition) is 3.